The third kappa shape index (κ3) is 5.93. The number of carbonyl (C=O) groups is 1. The summed E-state index contributed by atoms with van der Waals surface area (Å²) in [6.45, 7) is 2.76. The first-order valence-corrected chi connectivity index (χ1v) is 8.47. The molecular weight excluding hydrogens is 288 g/mol. The number of hydrogen-bond acceptors (Lipinski definition) is 2. The van der Waals surface area contributed by atoms with Crippen molar-refractivity contribution >= 4 is 11.9 Å². The molecule has 1 aliphatic rings. The average molecular weight is 316 g/mol. The fraction of sp³-hybridized carbons (Fsp3) is 0.556. The number of primary amides is 1. The number of carbonyl (C=O) groups excluding carboxylic acids is 1. The molecule has 1 saturated heterocycles. The van der Waals surface area contributed by atoms with Crippen LogP contribution in [-0.2, 0) is 11.2 Å². The molecule has 0 aromatic heterocycles. The summed E-state index contributed by atoms with van der Waals surface area (Å²) in [6, 6.07) is 10.5. The quantitative estimate of drug-likeness (QED) is 0.477. The van der Waals surface area contributed by atoms with Crippen molar-refractivity contribution in [1.29, 1.82) is 0 Å². The maximum Gasteiger partial charge on any atom is 0.217 e. The highest BCUT2D eigenvalue weighted by Crippen LogP contribution is 2.19. The number of benzene rings is 1. The minimum Gasteiger partial charge on any atom is -0.370 e. The summed E-state index contributed by atoms with van der Waals surface area (Å²) in [6.07, 6.45) is 4.77. The van der Waals surface area contributed by atoms with Crippen LogP contribution >= 0.6 is 0 Å². The van der Waals surface area contributed by atoms with E-state index in [1.165, 1.54) is 5.56 Å². The lowest BCUT2D eigenvalue weighted by atomic mass is 9.95. The standard InChI is InChI=1S/C18H28N4O/c1-20-18(21-11-5-9-15-7-3-2-4-8-15)22-12-6-10-16(14-22)13-17(19)23/h2-4,7-8,16H,5-6,9-14H2,1H3,(H2,19,23)(H,20,21). The SMILES string of the molecule is CN=C(NCCCc1ccccc1)N1CCCC(CC(N)=O)C1. The van der Waals surface area contributed by atoms with Gasteiger partial charge in [-0.3, -0.25) is 9.79 Å². The lowest BCUT2D eigenvalue weighted by Crippen LogP contribution is -2.47. The van der Waals surface area contributed by atoms with Crippen LogP contribution in [0.2, 0.25) is 0 Å². The molecule has 2 rings (SSSR count). The molecule has 1 unspecified atom stereocenters. The molecule has 1 aromatic carbocycles. The number of hydrogen-bond donors (Lipinski definition) is 2. The van der Waals surface area contributed by atoms with E-state index in [0.717, 1.165) is 51.3 Å². The van der Waals surface area contributed by atoms with Gasteiger partial charge in [0.15, 0.2) is 5.96 Å². The first kappa shape index (κ1) is 17.3. The van der Waals surface area contributed by atoms with Crippen molar-refractivity contribution in [3.8, 4) is 0 Å². The second-order valence-corrected chi connectivity index (χ2v) is 6.19. The number of likely N-dealkylation sites (tertiary alicyclic amines) is 1. The Bertz CT molecular complexity index is 515. The molecule has 0 saturated carbocycles. The predicted molar refractivity (Wildman–Crippen MR) is 94.2 cm³/mol. The van der Waals surface area contributed by atoms with Gasteiger partial charge in [-0.05, 0) is 37.2 Å². The molecule has 1 atom stereocenters. The van der Waals surface area contributed by atoms with Gasteiger partial charge in [-0.15, -0.1) is 0 Å². The molecule has 0 bridgehead atoms. The molecule has 5 nitrogen and oxygen atoms in total. The Morgan fingerprint density at radius 2 is 2.17 bits per heavy atom. The third-order valence-electron chi connectivity index (χ3n) is 4.29. The van der Waals surface area contributed by atoms with Gasteiger partial charge in [0.25, 0.3) is 0 Å². The molecule has 3 N–H and O–H groups in total. The van der Waals surface area contributed by atoms with E-state index >= 15 is 0 Å². The fourth-order valence-corrected chi connectivity index (χ4v) is 3.18. The number of nitrogens with two attached hydrogens (primary N) is 1. The molecule has 23 heavy (non-hydrogen) atoms. The van der Waals surface area contributed by atoms with Crippen molar-refractivity contribution < 1.29 is 4.79 Å². The largest absolute Gasteiger partial charge is 0.370 e. The van der Waals surface area contributed by atoms with E-state index in [1.807, 2.05) is 13.1 Å². The van der Waals surface area contributed by atoms with E-state index in [1.54, 1.807) is 0 Å². The molecule has 126 valence electrons. The van der Waals surface area contributed by atoms with Crippen LogP contribution in [0.4, 0.5) is 0 Å². The van der Waals surface area contributed by atoms with Crippen molar-refractivity contribution in [2.75, 3.05) is 26.7 Å². The molecule has 1 amide bonds. The minimum atomic E-state index is -0.206. The van der Waals surface area contributed by atoms with Gasteiger partial charge in [0.1, 0.15) is 0 Å². The number of aryl methyl sites for hydroxylation is 1. The number of nitrogens with one attached hydrogen (secondary N) is 1. The van der Waals surface area contributed by atoms with E-state index in [-0.39, 0.29) is 5.91 Å². The van der Waals surface area contributed by atoms with Crippen molar-refractivity contribution in [3.05, 3.63) is 35.9 Å². The first-order chi connectivity index (χ1) is 11.2. The van der Waals surface area contributed by atoms with Crippen LogP contribution in [-0.4, -0.2) is 43.4 Å². The summed E-state index contributed by atoms with van der Waals surface area (Å²) in [5.41, 5.74) is 6.69. The summed E-state index contributed by atoms with van der Waals surface area (Å²) < 4.78 is 0. The lowest BCUT2D eigenvalue weighted by molar-refractivity contribution is -0.119. The Balaban J connectivity index is 1.75. The van der Waals surface area contributed by atoms with Crippen LogP contribution < -0.4 is 11.1 Å². The van der Waals surface area contributed by atoms with Gasteiger partial charge in [0.2, 0.25) is 5.91 Å². The van der Waals surface area contributed by atoms with Gasteiger partial charge < -0.3 is 16.0 Å². The topological polar surface area (TPSA) is 70.7 Å². The number of guanidine groups is 1. The molecule has 0 aliphatic carbocycles. The van der Waals surface area contributed by atoms with Crippen LogP contribution in [0.5, 0.6) is 0 Å². The predicted octanol–water partition coefficient (Wildman–Crippen LogP) is 1.78. The van der Waals surface area contributed by atoms with E-state index in [0.29, 0.717) is 12.3 Å². The Labute approximate surface area is 139 Å². The van der Waals surface area contributed by atoms with E-state index < -0.39 is 0 Å². The van der Waals surface area contributed by atoms with Crippen molar-refractivity contribution in [2.45, 2.75) is 32.1 Å². The molecule has 0 radical (unpaired) electrons. The van der Waals surface area contributed by atoms with Crippen molar-refractivity contribution in [2.24, 2.45) is 16.6 Å². The molecule has 1 aliphatic heterocycles. The maximum absolute atomic E-state index is 11.1. The summed E-state index contributed by atoms with van der Waals surface area (Å²) in [4.78, 5) is 17.8. The highest BCUT2D eigenvalue weighted by Gasteiger charge is 2.23. The first-order valence-electron chi connectivity index (χ1n) is 8.47. The van der Waals surface area contributed by atoms with Crippen LogP contribution in [0, 0.1) is 5.92 Å². The highest BCUT2D eigenvalue weighted by atomic mass is 16.1. The van der Waals surface area contributed by atoms with Crippen molar-refractivity contribution in [3.63, 3.8) is 0 Å². The lowest BCUT2D eigenvalue weighted by Gasteiger charge is -2.34. The Morgan fingerprint density at radius 1 is 1.39 bits per heavy atom. The van der Waals surface area contributed by atoms with Gasteiger partial charge in [0.05, 0.1) is 0 Å². The zero-order valence-electron chi connectivity index (χ0n) is 14.0. The third-order valence-corrected chi connectivity index (χ3v) is 4.29. The number of rotatable bonds is 6. The number of amides is 1. The Hall–Kier alpha value is -2.04. The summed E-state index contributed by atoms with van der Waals surface area (Å²) in [5, 5.41) is 3.44. The van der Waals surface area contributed by atoms with E-state index in [9.17, 15) is 4.79 Å². The van der Waals surface area contributed by atoms with Crippen LogP contribution in [0.15, 0.2) is 35.3 Å². The number of nitrogens with zero attached hydrogens (tertiary/aromatic N) is 2. The fourth-order valence-electron chi connectivity index (χ4n) is 3.18. The summed E-state index contributed by atoms with van der Waals surface area (Å²) in [7, 11) is 1.82. The molecule has 1 heterocycles. The molecule has 1 aromatic rings. The van der Waals surface area contributed by atoms with Gasteiger partial charge in [0, 0.05) is 33.1 Å². The van der Waals surface area contributed by atoms with Gasteiger partial charge >= 0.3 is 0 Å². The second-order valence-electron chi connectivity index (χ2n) is 6.19. The Kier molecular flexibility index (Phi) is 6.91. The average Bonchev–Trinajstić information content (AvgIpc) is 2.55. The van der Waals surface area contributed by atoms with E-state index in [4.69, 9.17) is 5.73 Å². The highest BCUT2D eigenvalue weighted by molar-refractivity contribution is 5.80. The smallest absolute Gasteiger partial charge is 0.217 e. The van der Waals surface area contributed by atoms with Crippen LogP contribution in [0.1, 0.15) is 31.2 Å². The molecule has 0 spiro atoms. The number of piperidine rings is 1. The normalized spacial score (nSPS) is 18.7. The maximum atomic E-state index is 11.1. The zero-order valence-corrected chi connectivity index (χ0v) is 14.0. The summed E-state index contributed by atoms with van der Waals surface area (Å²) >= 11 is 0. The molecule has 1 fully saturated rings. The van der Waals surface area contributed by atoms with Gasteiger partial charge in [-0.2, -0.15) is 0 Å². The zero-order chi connectivity index (χ0) is 16.5. The van der Waals surface area contributed by atoms with Crippen LogP contribution in [0.3, 0.4) is 0 Å². The van der Waals surface area contributed by atoms with Gasteiger partial charge in [-0.25, -0.2) is 0 Å². The van der Waals surface area contributed by atoms with Gasteiger partial charge in [-0.1, -0.05) is 30.3 Å². The van der Waals surface area contributed by atoms with Crippen molar-refractivity contribution in [1.82, 2.24) is 10.2 Å². The minimum absolute atomic E-state index is 0.206. The molecular formula is C18H28N4O. The van der Waals surface area contributed by atoms with Crippen LogP contribution in [0.25, 0.3) is 0 Å². The number of aliphatic imine (C=N–C) groups is 1. The Morgan fingerprint density at radius 3 is 2.87 bits per heavy atom. The monoisotopic (exact) mass is 316 g/mol. The van der Waals surface area contributed by atoms with E-state index in [2.05, 4.69) is 39.5 Å². The molecule has 5 heteroatoms. The summed E-state index contributed by atoms with van der Waals surface area (Å²) in [5.74, 6) is 1.08. The second kappa shape index (κ2) is 9.18.